The van der Waals surface area contributed by atoms with E-state index in [2.05, 4.69) is 27.3 Å². The minimum atomic E-state index is -0.210. The van der Waals surface area contributed by atoms with Gasteiger partial charge < -0.3 is 9.32 Å². The molecule has 1 unspecified atom stereocenters. The molecule has 0 bridgehead atoms. The molecule has 1 saturated heterocycles. The third-order valence-electron chi connectivity index (χ3n) is 7.51. The van der Waals surface area contributed by atoms with E-state index < -0.39 is 0 Å². The van der Waals surface area contributed by atoms with Gasteiger partial charge in [0.15, 0.2) is 11.4 Å². The third-order valence-corrected chi connectivity index (χ3v) is 7.51. The lowest BCUT2D eigenvalue weighted by Gasteiger charge is -2.18. The van der Waals surface area contributed by atoms with Gasteiger partial charge in [-0.1, -0.05) is 30.3 Å². The number of nitrogens with zero attached hydrogens (tertiary/aromatic N) is 5. The number of likely N-dealkylation sites (tertiary alicyclic amines) is 1. The van der Waals surface area contributed by atoms with Crippen molar-refractivity contribution in [2.24, 2.45) is 11.8 Å². The summed E-state index contributed by atoms with van der Waals surface area (Å²) in [5, 5.41) is 8.13. The third kappa shape index (κ3) is 3.91. The molecule has 37 heavy (non-hydrogen) atoms. The number of oxazole rings is 1. The molecule has 5 aromatic rings. The Morgan fingerprint density at radius 3 is 2.65 bits per heavy atom. The number of aromatic nitrogens is 5. The molecule has 1 N–H and O–H groups in total. The molecule has 7 rings (SSSR count). The second-order valence-corrected chi connectivity index (χ2v) is 10.2. The van der Waals surface area contributed by atoms with E-state index in [9.17, 15) is 9.59 Å². The molecule has 0 radical (unpaired) electrons. The van der Waals surface area contributed by atoms with Gasteiger partial charge in [0.25, 0.3) is 11.3 Å². The average molecular weight is 495 g/mol. The first-order valence-corrected chi connectivity index (χ1v) is 12.7. The number of fused-ring (bicyclic) bond motifs is 2. The number of aromatic amines is 1. The van der Waals surface area contributed by atoms with Gasteiger partial charge in [-0.25, -0.2) is 4.98 Å². The minimum Gasteiger partial charge on any atom is -0.422 e. The number of hydrogen-bond acceptors (Lipinski definition) is 6. The van der Waals surface area contributed by atoms with Gasteiger partial charge >= 0.3 is 0 Å². The maximum absolute atomic E-state index is 13.6. The Balaban J connectivity index is 1.24. The summed E-state index contributed by atoms with van der Waals surface area (Å²) < 4.78 is 7.36. The van der Waals surface area contributed by atoms with Gasteiger partial charge in [0, 0.05) is 43.4 Å². The fourth-order valence-electron chi connectivity index (χ4n) is 5.36. The van der Waals surface area contributed by atoms with E-state index in [1.165, 1.54) is 0 Å². The van der Waals surface area contributed by atoms with Crippen LogP contribution in [0, 0.1) is 18.8 Å². The van der Waals surface area contributed by atoms with Crippen LogP contribution < -0.4 is 5.56 Å². The molecular weight excluding hydrogens is 468 g/mol. The number of carbonyl (C=O) groups excluding carboxylic acids is 1. The van der Waals surface area contributed by atoms with Gasteiger partial charge in [0.2, 0.25) is 5.91 Å². The largest absolute Gasteiger partial charge is 0.422 e. The minimum absolute atomic E-state index is 0.187. The summed E-state index contributed by atoms with van der Waals surface area (Å²) in [6, 6.07) is 14.2. The van der Waals surface area contributed by atoms with Crippen molar-refractivity contribution in [2.75, 3.05) is 13.1 Å². The molecule has 186 valence electrons. The van der Waals surface area contributed by atoms with Gasteiger partial charge in [-0.15, -0.1) is 0 Å². The van der Waals surface area contributed by atoms with Crippen LogP contribution in [0.4, 0.5) is 0 Å². The predicted molar refractivity (Wildman–Crippen MR) is 139 cm³/mol. The number of hydrogen-bond donors (Lipinski definition) is 1. The number of rotatable bonds is 5. The second-order valence-electron chi connectivity index (χ2n) is 10.2. The van der Waals surface area contributed by atoms with Crippen LogP contribution in [0.2, 0.25) is 0 Å². The summed E-state index contributed by atoms with van der Waals surface area (Å²) >= 11 is 0. The topological polar surface area (TPSA) is 110 Å². The fraction of sp³-hybridized carbons (Fsp3) is 0.321. The van der Waals surface area contributed by atoms with Crippen molar-refractivity contribution in [3.63, 3.8) is 0 Å². The molecule has 0 spiro atoms. The van der Waals surface area contributed by atoms with Gasteiger partial charge in [0.05, 0.1) is 11.7 Å². The summed E-state index contributed by atoms with van der Waals surface area (Å²) in [6.45, 7) is 3.62. The first kappa shape index (κ1) is 22.0. The number of amides is 1. The smallest absolute Gasteiger partial charge is 0.283 e. The van der Waals surface area contributed by atoms with Crippen LogP contribution in [0.15, 0.2) is 57.9 Å². The maximum atomic E-state index is 13.6. The number of carbonyl (C=O) groups is 1. The summed E-state index contributed by atoms with van der Waals surface area (Å²) in [4.78, 5) is 37.1. The SMILES string of the molecule is Cc1nc2c(=O)n(CC3CCN(C(=O)C4CC4)C3)c(-c3ccc(-c4ccc5[nH]ncc5c4)cc3)nc2o1. The van der Waals surface area contributed by atoms with Crippen molar-refractivity contribution in [3.8, 4) is 22.5 Å². The standard InChI is InChI=1S/C28H26N6O3/c1-16-30-24-26(37-16)31-25(34(28(24)36)15-17-10-11-33(14-17)27(35)20-6-7-20)19-4-2-18(3-5-19)21-8-9-23-22(12-21)13-29-32-23/h2-5,8-9,12-13,17,20H,6-7,10-11,14-15H2,1H3,(H,29,32). The molecule has 1 atom stereocenters. The fourth-order valence-corrected chi connectivity index (χ4v) is 5.36. The number of nitrogens with one attached hydrogen (secondary N) is 1. The Morgan fingerprint density at radius 1 is 1.05 bits per heavy atom. The van der Waals surface area contributed by atoms with Crippen LogP contribution in [-0.2, 0) is 11.3 Å². The Morgan fingerprint density at radius 2 is 1.84 bits per heavy atom. The molecule has 2 aliphatic rings. The Kier molecular flexibility index (Phi) is 4.99. The Hall–Kier alpha value is -4.27. The molecule has 1 aliphatic heterocycles. The Labute approximate surface area is 212 Å². The lowest BCUT2D eigenvalue weighted by Crippen LogP contribution is -2.32. The predicted octanol–water partition coefficient (Wildman–Crippen LogP) is 4.16. The van der Waals surface area contributed by atoms with E-state index in [1.54, 1.807) is 11.5 Å². The van der Waals surface area contributed by atoms with Gasteiger partial charge in [-0.2, -0.15) is 10.1 Å². The second kappa shape index (κ2) is 8.40. The van der Waals surface area contributed by atoms with E-state index >= 15 is 0 Å². The van der Waals surface area contributed by atoms with Crippen LogP contribution in [0.5, 0.6) is 0 Å². The van der Waals surface area contributed by atoms with Crippen LogP contribution in [0.1, 0.15) is 25.2 Å². The summed E-state index contributed by atoms with van der Waals surface area (Å²) in [5.74, 6) is 1.63. The molecule has 1 amide bonds. The monoisotopic (exact) mass is 494 g/mol. The first-order chi connectivity index (χ1) is 18.0. The van der Waals surface area contributed by atoms with Crippen LogP contribution >= 0.6 is 0 Å². The van der Waals surface area contributed by atoms with E-state index in [1.807, 2.05) is 41.4 Å². The highest BCUT2D eigenvalue weighted by Crippen LogP contribution is 2.33. The van der Waals surface area contributed by atoms with Crippen molar-refractivity contribution in [1.29, 1.82) is 0 Å². The van der Waals surface area contributed by atoms with Crippen molar-refractivity contribution in [2.45, 2.75) is 32.7 Å². The lowest BCUT2D eigenvalue weighted by atomic mass is 10.0. The van der Waals surface area contributed by atoms with E-state index in [4.69, 9.17) is 9.40 Å². The van der Waals surface area contributed by atoms with E-state index in [0.29, 0.717) is 24.8 Å². The molecule has 3 aromatic heterocycles. The molecule has 9 heteroatoms. The molecule has 1 aliphatic carbocycles. The number of aryl methyl sites for hydroxylation is 1. The van der Waals surface area contributed by atoms with Gasteiger partial charge in [0.1, 0.15) is 5.82 Å². The molecule has 4 heterocycles. The quantitative estimate of drug-likeness (QED) is 0.393. The maximum Gasteiger partial charge on any atom is 0.283 e. The molecule has 2 aromatic carbocycles. The van der Waals surface area contributed by atoms with Crippen molar-refractivity contribution < 1.29 is 9.21 Å². The number of H-pyrrole nitrogens is 1. The average Bonchev–Trinajstić information content (AvgIpc) is 3.29. The zero-order valence-corrected chi connectivity index (χ0v) is 20.5. The van der Waals surface area contributed by atoms with Crippen molar-refractivity contribution in [1.82, 2.24) is 29.6 Å². The van der Waals surface area contributed by atoms with Gasteiger partial charge in [-0.3, -0.25) is 19.3 Å². The summed E-state index contributed by atoms with van der Waals surface area (Å²) in [5.41, 5.74) is 4.24. The normalized spacial score (nSPS) is 17.8. The van der Waals surface area contributed by atoms with Crippen molar-refractivity contribution >= 4 is 28.0 Å². The van der Waals surface area contributed by atoms with Crippen LogP contribution in [-0.4, -0.2) is 48.6 Å². The summed E-state index contributed by atoms with van der Waals surface area (Å²) in [7, 11) is 0. The van der Waals surface area contributed by atoms with Crippen LogP contribution in [0.25, 0.3) is 44.6 Å². The summed E-state index contributed by atoms with van der Waals surface area (Å²) in [6.07, 6.45) is 4.69. The van der Waals surface area contributed by atoms with Crippen LogP contribution in [0.3, 0.4) is 0 Å². The highest BCUT2D eigenvalue weighted by Gasteiger charge is 2.37. The highest BCUT2D eigenvalue weighted by atomic mass is 16.4. The molecule has 1 saturated carbocycles. The van der Waals surface area contributed by atoms with E-state index in [-0.39, 0.29) is 34.5 Å². The molecule has 2 fully saturated rings. The number of benzene rings is 2. The van der Waals surface area contributed by atoms with Gasteiger partial charge in [-0.05, 0) is 48.4 Å². The zero-order chi connectivity index (χ0) is 25.1. The Bertz CT molecular complexity index is 1710. The highest BCUT2D eigenvalue weighted by molar-refractivity contribution is 5.84. The lowest BCUT2D eigenvalue weighted by molar-refractivity contribution is -0.131. The molecular formula is C28H26N6O3. The zero-order valence-electron chi connectivity index (χ0n) is 20.5. The van der Waals surface area contributed by atoms with E-state index in [0.717, 1.165) is 53.4 Å². The molecule has 9 nitrogen and oxygen atoms in total. The first-order valence-electron chi connectivity index (χ1n) is 12.7. The van der Waals surface area contributed by atoms with Crippen molar-refractivity contribution in [3.05, 3.63) is 64.9 Å².